The Bertz CT molecular complexity index is 250. The van der Waals surface area contributed by atoms with Crippen molar-refractivity contribution in [3.8, 4) is 0 Å². The third-order valence-electron chi connectivity index (χ3n) is 2.04. The molecule has 74 valence electrons. The minimum Gasteiger partial charge on any atom is -0.388 e. The summed E-state index contributed by atoms with van der Waals surface area (Å²) < 4.78 is 1.11. The third kappa shape index (κ3) is 3.08. The van der Waals surface area contributed by atoms with E-state index in [4.69, 9.17) is 0 Å². The largest absolute Gasteiger partial charge is 0.388 e. The molecular formula is C10H15BrOS. The Morgan fingerprint density at radius 2 is 2.31 bits per heavy atom. The number of aryl methyl sites for hydroxylation is 1. The lowest BCUT2D eigenvalue weighted by atomic mass is 10.1. The van der Waals surface area contributed by atoms with Crippen LogP contribution < -0.4 is 0 Å². The molecule has 0 aliphatic rings. The fourth-order valence-corrected chi connectivity index (χ4v) is 2.77. The van der Waals surface area contributed by atoms with Crippen LogP contribution >= 0.6 is 27.3 Å². The molecular weight excluding hydrogens is 248 g/mol. The first kappa shape index (κ1) is 11.2. The monoisotopic (exact) mass is 262 g/mol. The molecule has 1 rings (SSSR count). The van der Waals surface area contributed by atoms with Gasteiger partial charge in [0.15, 0.2) is 0 Å². The van der Waals surface area contributed by atoms with Crippen LogP contribution in [0.5, 0.6) is 0 Å². The fourth-order valence-electron chi connectivity index (χ4n) is 1.19. The van der Waals surface area contributed by atoms with Gasteiger partial charge in [-0.1, -0.05) is 19.8 Å². The maximum absolute atomic E-state index is 9.78. The van der Waals surface area contributed by atoms with Crippen LogP contribution in [0, 0.1) is 6.92 Å². The van der Waals surface area contributed by atoms with Gasteiger partial charge in [0.25, 0.3) is 0 Å². The predicted octanol–water partition coefficient (Wildman–Crippen LogP) is 4.04. The summed E-state index contributed by atoms with van der Waals surface area (Å²) in [5.41, 5.74) is 0. The maximum atomic E-state index is 9.78. The smallest absolute Gasteiger partial charge is 0.0882 e. The van der Waals surface area contributed by atoms with Crippen LogP contribution in [0.4, 0.5) is 0 Å². The number of aliphatic hydroxyl groups excluding tert-OH is 1. The predicted molar refractivity (Wildman–Crippen MR) is 61.2 cm³/mol. The first-order chi connectivity index (χ1) is 6.15. The number of hydrogen-bond donors (Lipinski definition) is 1. The molecule has 3 heteroatoms. The van der Waals surface area contributed by atoms with E-state index < -0.39 is 0 Å². The lowest BCUT2D eigenvalue weighted by Gasteiger charge is -2.06. The summed E-state index contributed by atoms with van der Waals surface area (Å²) in [4.78, 5) is 2.32. The normalized spacial score (nSPS) is 13.2. The van der Waals surface area contributed by atoms with Crippen LogP contribution in [0.3, 0.4) is 0 Å². The number of rotatable bonds is 4. The van der Waals surface area contributed by atoms with Crippen molar-refractivity contribution in [2.45, 2.75) is 39.2 Å². The van der Waals surface area contributed by atoms with E-state index >= 15 is 0 Å². The van der Waals surface area contributed by atoms with Gasteiger partial charge in [-0.15, -0.1) is 11.3 Å². The Labute approximate surface area is 91.9 Å². The van der Waals surface area contributed by atoms with Crippen molar-refractivity contribution >= 4 is 27.3 Å². The van der Waals surface area contributed by atoms with Crippen molar-refractivity contribution in [2.75, 3.05) is 0 Å². The van der Waals surface area contributed by atoms with Gasteiger partial charge in [0.1, 0.15) is 0 Å². The first-order valence-electron chi connectivity index (χ1n) is 4.59. The summed E-state index contributed by atoms with van der Waals surface area (Å²) >= 11 is 5.13. The van der Waals surface area contributed by atoms with Crippen molar-refractivity contribution < 1.29 is 5.11 Å². The van der Waals surface area contributed by atoms with Crippen molar-refractivity contribution in [1.29, 1.82) is 0 Å². The zero-order valence-corrected chi connectivity index (χ0v) is 10.4. The molecule has 0 saturated carbocycles. The van der Waals surface area contributed by atoms with Gasteiger partial charge in [-0.05, 0) is 35.3 Å². The molecule has 1 N–H and O–H groups in total. The number of aliphatic hydroxyl groups is 1. The molecule has 0 fully saturated rings. The van der Waals surface area contributed by atoms with E-state index in [1.165, 1.54) is 4.88 Å². The molecule has 0 saturated heterocycles. The minimum atomic E-state index is -0.269. The van der Waals surface area contributed by atoms with E-state index in [0.29, 0.717) is 0 Å². The molecule has 0 amide bonds. The van der Waals surface area contributed by atoms with Crippen LogP contribution in [0.25, 0.3) is 0 Å². The van der Waals surface area contributed by atoms with E-state index in [1.54, 1.807) is 11.3 Å². The molecule has 1 nitrogen and oxygen atoms in total. The average Bonchev–Trinajstić information content (AvgIpc) is 2.43. The fraction of sp³-hybridized carbons (Fsp3) is 0.600. The third-order valence-corrected chi connectivity index (χ3v) is 4.27. The molecule has 0 aliphatic carbocycles. The summed E-state index contributed by atoms with van der Waals surface area (Å²) in [6.07, 6.45) is 2.84. The van der Waals surface area contributed by atoms with Gasteiger partial charge in [-0.2, -0.15) is 0 Å². The standard InChI is InChI=1S/C10H15BrOS/c1-3-4-5-9(12)10-6-8(11)7(2)13-10/h6,9,12H,3-5H2,1-2H3. The topological polar surface area (TPSA) is 20.2 Å². The van der Waals surface area contributed by atoms with Crippen molar-refractivity contribution in [3.63, 3.8) is 0 Å². The lowest BCUT2D eigenvalue weighted by Crippen LogP contribution is -1.93. The van der Waals surface area contributed by atoms with Gasteiger partial charge < -0.3 is 5.11 Å². The summed E-state index contributed by atoms with van der Waals surface area (Å²) in [5, 5.41) is 9.78. The number of thiophene rings is 1. The van der Waals surface area contributed by atoms with Crippen LogP contribution in [0.1, 0.15) is 42.0 Å². The number of halogens is 1. The molecule has 1 unspecified atom stereocenters. The Morgan fingerprint density at radius 1 is 1.62 bits per heavy atom. The molecule has 0 bridgehead atoms. The summed E-state index contributed by atoms with van der Waals surface area (Å²) in [6, 6.07) is 2.03. The van der Waals surface area contributed by atoms with Gasteiger partial charge in [-0.25, -0.2) is 0 Å². The number of hydrogen-bond acceptors (Lipinski definition) is 2. The zero-order chi connectivity index (χ0) is 9.84. The van der Waals surface area contributed by atoms with Crippen molar-refractivity contribution in [3.05, 3.63) is 20.3 Å². The second kappa shape index (κ2) is 5.13. The van der Waals surface area contributed by atoms with Crippen LogP contribution in [0.2, 0.25) is 0 Å². The minimum absolute atomic E-state index is 0.269. The molecule has 0 radical (unpaired) electrons. The molecule has 0 spiro atoms. The Balaban J connectivity index is 2.60. The van der Waals surface area contributed by atoms with E-state index in [-0.39, 0.29) is 6.10 Å². The molecule has 1 aromatic rings. The molecule has 0 aliphatic heterocycles. The van der Waals surface area contributed by atoms with Crippen molar-refractivity contribution in [2.24, 2.45) is 0 Å². The quantitative estimate of drug-likeness (QED) is 0.869. The van der Waals surface area contributed by atoms with Gasteiger partial charge >= 0.3 is 0 Å². The lowest BCUT2D eigenvalue weighted by molar-refractivity contribution is 0.168. The van der Waals surface area contributed by atoms with Gasteiger partial charge in [0.05, 0.1) is 6.10 Å². The Kier molecular flexibility index (Phi) is 4.42. The molecule has 0 aromatic carbocycles. The average molecular weight is 263 g/mol. The first-order valence-corrected chi connectivity index (χ1v) is 6.20. The second-order valence-corrected chi connectivity index (χ2v) is 5.35. The molecule has 1 atom stereocenters. The highest BCUT2D eigenvalue weighted by atomic mass is 79.9. The van der Waals surface area contributed by atoms with Crippen LogP contribution in [0.15, 0.2) is 10.5 Å². The van der Waals surface area contributed by atoms with E-state index in [2.05, 4.69) is 29.8 Å². The van der Waals surface area contributed by atoms with Crippen molar-refractivity contribution in [1.82, 2.24) is 0 Å². The SMILES string of the molecule is CCCCC(O)c1cc(Br)c(C)s1. The highest BCUT2D eigenvalue weighted by Gasteiger charge is 2.11. The molecule has 13 heavy (non-hydrogen) atoms. The van der Waals surface area contributed by atoms with E-state index in [1.807, 2.05) is 6.07 Å². The van der Waals surface area contributed by atoms with Crippen LogP contribution in [-0.2, 0) is 0 Å². The van der Waals surface area contributed by atoms with Gasteiger partial charge in [-0.3, -0.25) is 0 Å². The Hall–Kier alpha value is 0.140. The van der Waals surface area contributed by atoms with Crippen LogP contribution in [-0.4, -0.2) is 5.11 Å². The van der Waals surface area contributed by atoms with Gasteiger partial charge in [0.2, 0.25) is 0 Å². The highest BCUT2D eigenvalue weighted by Crippen LogP contribution is 2.32. The Morgan fingerprint density at radius 3 is 2.77 bits per heavy atom. The molecule has 1 aromatic heterocycles. The van der Waals surface area contributed by atoms with E-state index in [0.717, 1.165) is 28.6 Å². The summed E-state index contributed by atoms with van der Waals surface area (Å²) in [6.45, 7) is 4.20. The maximum Gasteiger partial charge on any atom is 0.0882 e. The molecule has 1 heterocycles. The number of unbranched alkanes of at least 4 members (excludes halogenated alkanes) is 1. The zero-order valence-electron chi connectivity index (χ0n) is 8.01. The highest BCUT2D eigenvalue weighted by molar-refractivity contribution is 9.10. The second-order valence-electron chi connectivity index (χ2n) is 3.21. The summed E-state index contributed by atoms with van der Waals surface area (Å²) in [7, 11) is 0. The van der Waals surface area contributed by atoms with Gasteiger partial charge in [0, 0.05) is 14.2 Å². The summed E-state index contributed by atoms with van der Waals surface area (Å²) in [5.74, 6) is 0. The van der Waals surface area contributed by atoms with E-state index in [9.17, 15) is 5.11 Å².